The van der Waals surface area contributed by atoms with Crippen molar-refractivity contribution >= 4 is 0 Å². The molecule has 1 aromatic heterocycles. The fraction of sp³-hybridized carbons (Fsp3) is 0.438. The fourth-order valence-corrected chi connectivity index (χ4v) is 2.98. The number of nitrogens with zero attached hydrogens (tertiary/aromatic N) is 2. The summed E-state index contributed by atoms with van der Waals surface area (Å²) in [4.78, 5) is 0. The van der Waals surface area contributed by atoms with Gasteiger partial charge < -0.3 is 5.32 Å². The Labute approximate surface area is 118 Å². The molecule has 1 N–H and O–H groups in total. The number of hydrogen-bond acceptors (Lipinski definition) is 2. The molecule has 2 aromatic rings. The average Bonchev–Trinajstić information content (AvgIpc) is 2.82. The predicted molar refractivity (Wildman–Crippen MR) is 76.9 cm³/mol. The molecule has 3 rings (SSSR count). The number of aryl methyl sites for hydroxylation is 2. The topological polar surface area (TPSA) is 29.9 Å². The summed E-state index contributed by atoms with van der Waals surface area (Å²) in [7, 11) is 2.00. The van der Waals surface area contributed by atoms with Gasteiger partial charge in [0.1, 0.15) is 5.82 Å². The molecule has 0 saturated carbocycles. The summed E-state index contributed by atoms with van der Waals surface area (Å²) >= 11 is 0. The van der Waals surface area contributed by atoms with Gasteiger partial charge in [-0.3, -0.25) is 4.68 Å². The molecule has 20 heavy (non-hydrogen) atoms. The molecule has 1 atom stereocenters. The van der Waals surface area contributed by atoms with Gasteiger partial charge in [-0.15, -0.1) is 0 Å². The van der Waals surface area contributed by atoms with E-state index in [1.54, 1.807) is 6.07 Å². The summed E-state index contributed by atoms with van der Waals surface area (Å²) in [5.74, 6) is -0.168. The first-order valence-electron chi connectivity index (χ1n) is 7.14. The lowest BCUT2D eigenvalue weighted by Crippen LogP contribution is -2.25. The minimum absolute atomic E-state index is 0.168. The molecule has 1 aromatic carbocycles. The molecule has 1 unspecified atom stereocenters. The third kappa shape index (κ3) is 2.48. The van der Waals surface area contributed by atoms with Crippen molar-refractivity contribution in [1.82, 2.24) is 15.1 Å². The lowest BCUT2D eigenvalue weighted by Gasteiger charge is -2.24. The Morgan fingerprint density at radius 2 is 2.30 bits per heavy atom. The van der Waals surface area contributed by atoms with Crippen molar-refractivity contribution in [2.45, 2.75) is 38.8 Å². The van der Waals surface area contributed by atoms with Crippen molar-refractivity contribution in [2.75, 3.05) is 0 Å². The highest BCUT2D eigenvalue weighted by Gasteiger charge is 2.22. The zero-order chi connectivity index (χ0) is 14.1. The molecular formula is C16H20FN3. The molecule has 0 fully saturated rings. The first-order chi connectivity index (χ1) is 9.65. The van der Waals surface area contributed by atoms with Gasteiger partial charge in [0.25, 0.3) is 0 Å². The number of benzene rings is 1. The fourth-order valence-electron chi connectivity index (χ4n) is 2.98. The van der Waals surface area contributed by atoms with E-state index >= 15 is 0 Å². The summed E-state index contributed by atoms with van der Waals surface area (Å²) < 4.78 is 15.3. The van der Waals surface area contributed by atoms with Crippen LogP contribution in [0.1, 0.15) is 41.3 Å². The minimum atomic E-state index is -0.168. The highest BCUT2D eigenvalue weighted by atomic mass is 19.1. The lowest BCUT2D eigenvalue weighted by atomic mass is 9.92. The Balaban J connectivity index is 1.75. The zero-order valence-corrected chi connectivity index (χ0v) is 12.0. The van der Waals surface area contributed by atoms with Gasteiger partial charge in [0.15, 0.2) is 0 Å². The highest BCUT2D eigenvalue weighted by Crippen LogP contribution is 2.29. The van der Waals surface area contributed by atoms with Gasteiger partial charge in [-0.25, -0.2) is 4.39 Å². The van der Waals surface area contributed by atoms with Gasteiger partial charge >= 0.3 is 0 Å². The maximum absolute atomic E-state index is 13.3. The molecule has 1 aliphatic carbocycles. The van der Waals surface area contributed by atoms with Crippen LogP contribution in [-0.2, 0) is 20.0 Å². The van der Waals surface area contributed by atoms with Gasteiger partial charge in [-0.1, -0.05) is 6.07 Å². The van der Waals surface area contributed by atoms with Crippen LogP contribution in [0.4, 0.5) is 4.39 Å². The molecule has 0 aliphatic heterocycles. The van der Waals surface area contributed by atoms with Crippen LogP contribution in [0.3, 0.4) is 0 Å². The molecule has 3 nitrogen and oxygen atoms in total. The monoisotopic (exact) mass is 273 g/mol. The summed E-state index contributed by atoms with van der Waals surface area (Å²) in [6.07, 6.45) is 5.35. The predicted octanol–water partition coefficient (Wildman–Crippen LogP) is 3.03. The first-order valence-corrected chi connectivity index (χ1v) is 7.14. The Morgan fingerprint density at radius 3 is 3.15 bits per heavy atom. The number of aromatic nitrogens is 2. The van der Waals surface area contributed by atoms with E-state index in [1.165, 1.54) is 23.7 Å². The summed E-state index contributed by atoms with van der Waals surface area (Å²) in [6.45, 7) is 2.72. The summed E-state index contributed by atoms with van der Waals surface area (Å²) in [5, 5.41) is 7.91. The minimum Gasteiger partial charge on any atom is -0.306 e. The van der Waals surface area contributed by atoms with Crippen molar-refractivity contribution in [1.29, 1.82) is 0 Å². The van der Waals surface area contributed by atoms with Gasteiger partial charge in [0.05, 0.1) is 6.20 Å². The largest absolute Gasteiger partial charge is 0.306 e. The molecule has 0 radical (unpaired) electrons. The van der Waals surface area contributed by atoms with E-state index in [1.807, 2.05) is 30.9 Å². The molecular weight excluding hydrogens is 253 g/mol. The van der Waals surface area contributed by atoms with Crippen LogP contribution in [0, 0.1) is 12.7 Å². The van der Waals surface area contributed by atoms with Crippen molar-refractivity contribution in [3.05, 3.63) is 52.6 Å². The Hall–Kier alpha value is -1.68. The van der Waals surface area contributed by atoms with E-state index in [4.69, 9.17) is 0 Å². The molecule has 1 aliphatic rings. The van der Waals surface area contributed by atoms with E-state index in [9.17, 15) is 4.39 Å². The van der Waals surface area contributed by atoms with Gasteiger partial charge in [0, 0.05) is 30.9 Å². The van der Waals surface area contributed by atoms with Gasteiger partial charge in [-0.05, 0) is 49.4 Å². The van der Waals surface area contributed by atoms with Gasteiger partial charge in [0.2, 0.25) is 0 Å². The second-order valence-electron chi connectivity index (χ2n) is 5.57. The van der Waals surface area contributed by atoms with Crippen LogP contribution in [-0.4, -0.2) is 9.78 Å². The third-order valence-electron chi connectivity index (χ3n) is 4.23. The van der Waals surface area contributed by atoms with Crippen LogP contribution < -0.4 is 5.32 Å². The smallest absolute Gasteiger partial charge is 0.123 e. The molecule has 0 saturated heterocycles. The second-order valence-corrected chi connectivity index (χ2v) is 5.57. The van der Waals surface area contributed by atoms with E-state index in [2.05, 4.69) is 10.4 Å². The van der Waals surface area contributed by atoms with Crippen molar-refractivity contribution in [3.63, 3.8) is 0 Å². The lowest BCUT2D eigenvalue weighted by molar-refractivity contribution is 0.451. The molecule has 106 valence electrons. The van der Waals surface area contributed by atoms with Crippen LogP contribution in [0.15, 0.2) is 24.4 Å². The van der Waals surface area contributed by atoms with Crippen LogP contribution >= 0.6 is 0 Å². The zero-order valence-electron chi connectivity index (χ0n) is 12.0. The SMILES string of the molecule is Cc1ccc(F)cc1CNC1CCCc2c1cnn2C. The Bertz CT molecular complexity index is 618. The van der Waals surface area contributed by atoms with E-state index in [0.717, 1.165) is 24.0 Å². The maximum Gasteiger partial charge on any atom is 0.123 e. The molecule has 1 heterocycles. The van der Waals surface area contributed by atoms with Crippen LogP contribution in [0.2, 0.25) is 0 Å². The molecule has 4 heteroatoms. The highest BCUT2D eigenvalue weighted by molar-refractivity contribution is 5.28. The van der Waals surface area contributed by atoms with Crippen molar-refractivity contribution in [2.24, 2.45) is 7.05 Å². The first kappa shape index (κ1) is 13.3. The number of halogens is 1. The average molecular weight is 273 g/mol. The normalized spacial score (nSPS) is 18.1. The summed E-state index contributed by atoms with van der Waals surface area (Å²) in [6, 6.07) is 5.30. The van der Waals surface area contributed by atoms with Gasteiger partial charge in [-0.2, -0.15) is 5.10 Å². The number of fused-ring (bicyclic) bond motifs is 1. The molecule has 0 bridgehead atoms. The van der Waals surface area contributed by atoms with Crippen LogP contribution in [0.25, 0.3) is 0 Å². The number of nitrogens with one attached hydrogen (secondary N) is 1. The van der Waals surface area contributed by atoms with Crippen molar-refractivity contribution in [3.8, 4) is 0 Å². The number of rotatable bonds is 3. The Morgan fingerprint density at radius 1 is 1.45 bits per heavy atom. The van der Waals surface area contributed by atoms with E-state index in [-0.39, 0.29) is 5.82 Å². The number of hydrogen-bond donors (Lipinski definition) is 1. The second kappa shape index (κ2) is 5.37. The van der Waals surface area contributed by atoms with E-state index < -0.39 is 0 Å². The molecule has 0 spiro atoms. The van der Waals surface area contributed by atoms with Crippen LogP contribution in [0.5, 0.6) is 0 Å². The summed E-state index contributed by atoms with van der Waals surface area (Å²) in [5.41, 5.74) is 4.78. The van der Waals surface area contributed by atoms with Crippen molar-refractivity contribution < 1.29 is 4.39 Å². The Kier molecular flexibility index (Phi) is 3.57. The maximum atomic E-state index is 13.3. The molecule has 0 amide bonds. The standard InChI is InChI=1S/C16H20FN3/c1-11-6-7-13(17)8-12(11)9-18-15-4-3-5-16-14(15)10-19-20(16)2/h6-8,10,15,18H,3-5,9H2,1-2H3. The van der Waals surface area contributed by atoms with E-state index in [0.29, 0.717) is 12.6 Å². The quantitative estimate of drug-likeness (QED) is 0.931. The third-order valence-corrected chi connectivity index (χ3v) is 4.23.